The summed E-state index contributed by atoms with van der Waals surface area (Å²) in [6, 6.07) is 4.01. The Hall–Kier alpha value is -2.57. The van der Waals surface area contributed by atoms with Crippen molar-refractivity contribution in [3.63, 3.8) is 0 Å². The van der Waals surface area contributed by atoms with Crippen LogP contribution in [0.15, 0.2) is 29.5 Å². The minimum Gasteiger partial charge on any atom is -0.362 e. The topological polar surface area (TPSA) is 70.4 Å². The summed E-state index contributed by atoms with van der Waals surface area (Å²) in [5.74, 6) is 1.77. The first-order chi connectivity index (χ1) is 12.0. The Labute approximate surface area is 150 Å². The largest absolute Gasteiger partial charge is 0.362 e. The molecule has 0 unspecified atom stereocenters. The van der Waals surface area contributed by atoms with Gasteiger partial charge in [-0.2, -0.15) is 5.10 Å². The number of guanidine groups is 1. The van der Waals surface area contributed by atoms with Gasteiger partial charge in [-0.15, -0.1) is 0 Å². The van der Waals surface area contributed by atoms with E-state index in [2.05, 4.69) is 40.6 Å². The van der Waals surface area contributed by atoms with E-state index in [1.54, 1.807) is 0 Å². The molecule has 0 fully saturated rings. The number of hydrogen-bond acceptors (Lipinski definition) is 4. The SMILES string of the molecule is CCNC(=NCc1cccnc1N(C)C)NCCc1cnn(C)c1C. The molecule has 7 nitrogen and oxygen atoms in total. The lowest BCUT2D eigenvalue weighted by atomic mass is 10.2. The molecule has 0 aliphatic carbocycles. The molecule has 0 spiro atoms. The van der Waals surface area contributed by atoms with Crippen LogP contribution in [-0.4, -0.2) is 47.9 Å². The number of aryl methyl sites for hydroxylation is 1. The molecule has 0 saturated heterocycles. The van der Waals surface area contributed by atoms with E-state index in [9.17, 15) is 0 Å². The average molecular weight is 343 g/mol. The van der Waals surface area contributed by atoms with E-state index in [0.717, 1.165) is 36.9 Å². The van der Waals surface area contributed by atoms with Crippen LogP contribution in [0.3, 0.4) is 0 Å². The van der Waals surface area contributed by atoms with Crippen molar-refractivity contribution in [2.75, 3.05) is 32.1 Å². The number of pyridine rings is 1. The molecular formula is C18H29N7. The van der Waals surface area contributed by atoms with E-state index < -0.39 is 0 Å². The van der Waals surface area contributed by atoms with Crippen LogP contribution in [0.5, 0.6) is 0 Å². The number of nitrogens with zero attached hydrogens (tertiary/aromatic N) is 5. The summed E-state index contributed by atoms with van der Waals surface area (Å²) in [6.45, 7) is 6.38. The van der Waals surface area contributed by atoms with Crippen LogP contribution < -0.4 is 15.5 Å². The highest BCUT2D eigenvalue weighted by Crippen LogP contribution is 2.15. The monoisotopic (exact) mass is 343 g/mol. The highest BCUT2D eigenvalue weighted by Gasteiger charge is 2.06. The van der Waals surface area contributed by atoms with Crippen LogP contribution in [-0.2, 0) is 20.0 Å². The number of rotatable bonds is 7. The zero-order valence-corrected chi connectivity index (χ0v) is 15.9. The van der Waals surface area contributed by atoms with Crippen molar-refractivity contribution in [2.45, 2.75) is 26.8 Å². The van der Waals surface area contributed by atoms with Gasteiger partial charge in [0.2, 0.25) is 0 Å². The average Bonchev–Trinajstić information content (AvgIpc) is 2.92. The van der Waals surface area contributed by atoms with Gasteiger partial charge in [-0.3, -0.25) is 4.68 Å². The van der Waals surface area contributed by atoms with Crippen LogP contribution in [0.2, 0.25) is 0 Å². The maximum atomic E-state index is 4.69. The van der Waals surface area contributed by atoms with Crippen molar-refractivity contribution in [1.29, 1.82) is 0 Å². The molecule has 2 heterocycles. The zero-order chi connectivity index (χ0) is 18.2. The highest BCUT2D eigenvalue weighted by molar-refractivity contribution is 5.79. The third-order valence-electron chi connectivity index (χ3n) is 4.07. The van der Waals surface area contributed by atoms with E-state index in [0.29, 0.717) is 6.54 Å². The van der Waals surface area contributed by atoms with Crippen molar-refractivity contribution >= 4 is 11.8 Å². The predicted molar refractivity (Wildman–Crippen MR) is 103 cm³/mol. The summed E-state index contributed by atoms with van der Waals surface area (Å²) in [7, 11) is 5.96. The molecule has 25 heavy (non-hydrogen) atoms. The van der Waals surface area contributed by atoms with E-state index in [-0.39, 0.29) is 0 Å². The smallest absolute Gasteiger partial charge is 0.191 e. The molecule has 0 atom stereocenters. The minimum absolute atomic E-state index is 0.586. The van der Waals surface area contributed by atoms with Crippen LogP contribution in [0, 0.1) is 6.92 Å². The molecule has 0 amide bonds. The van der Waals surface area contributed by atoms with Gasteiger partial charge in [0, 0.05) is 51.7 Å². The van der Waals surface area contributed by atoms with Crippen molar-refractivity contribution in [2.24, 2.45) is 12.0 Å². The fraction of sp³-hybridized carbons (Fsp3) is 0.500. The molecule has 2 aromatic heterocycles. The lowest BCUT2D eigenvalue weighted by molar-refractivity contribution is 0.735. The Morgan fingerprint density at radius 1 is 1.28 bits per heavy atom. The van der Waals surface area contributed by atoms with Crippen molar-refractivity contribution in [1.82, 2.24) is 25.4 Å². The minimum atomic E-state index is 0.586. The van der Waals surface area contributed by atoms with Crippen LogP contribution in [0.1, 0.15) is 23.7 Å². The third kappa shape index (κ3) is 5.20. The lowest BCUT2D eigenvalue weighted by Crippen LogP contribution is -2.38. The molecule has 0 aromatic carbocycles. The van der Waals surface area contributed by atoms with Gasteiger partial charge >= 0.3 is 0 Å². The standard InChI is InChI=1S/C18H29N7/c1-6-19-18(21-11-9-15-13-23-25(5)14(15)2)22-12-16-8-7-10-20-17(16)24(3)4/h7-8,10,13H,6,9,11-12H2,1-5H3,(H2,19,21,22). The number of hydrogen-bond donors (Lipinski definition) is 2. The molecule has 2 rings (SSSR count). The number of aromatic nitrogens is 3. The predicted octanol–water partition coefficient (Wildman–Crippen LogP) is 1.49. The highest BCUT2D eigenvalue weighted by atomic mass is 15.3. The fourth-order valence-electron chi connectivity index (χ4n) is 2.57. The summed E-state index contributed by atoms with van der Waals surface area (Å²) in [6.07, 6.45) is 4.65. The molecule has 0 radical (unpaired) electrons. The molecule has 0 saturated carbocycles. The van der Waals surface area contributed by atoms with E-state index in [1.807, 2.05) is 49.2 Å². The Kier molecular flexibility index (Phi) is 6.80. The Bertz CT molecular complexity index is 703. The maximum Gasteiger partial charge on any atom is 0.191 e. The molecule has 2 aromatic rings. The summed E-state index contributed by atoms with van der Waals surface area (Å²) in [5.41, 5.74) is 3.57. The summed E-state index contributed by atoms with van der Waals surface area (Å²) in [4.78, 5) is 11.1. The second kappa shape index (κ2) is 9.05. The van der Waals surface area contributed by atoms with Gasteiger partial charge in [-0.25, -0.2) is 9.98 Å². The first-order valence-corrected chi connectivity index (χ1v) is 8.63. The van der Waals surface area contributed by atoms with Gasteiger partial charge < -0.3 is 15.5 Å². The molecular weight excluding hydrogens is 314 g/mol. The van der Waals surface area contributed by atoms with Gasteiger partial charge in [-0.05, 0) is 31.9 Å². The quantitative estimate of drug-likeness (QED) is 0.589. The van der Waals surface area contributed by atoms with Crippen molar-refractivity contribution in [3.05, 3.63) is 41.3 Å². The van der Waals surface area contributed by atoms with Crippen LogP contribution >= 0.6 is 0 Å². The van der Waals surface area contributed by atoms with Crippen LogP contribution in [0.25, 0.3) is 0 Å². The Morgan fingerprint density at radius 3 is 2.72 bits per heavy atom. The summed E-state index contributed by atoms with van der Waals surface area (Å²) < 4.78 is 1.90. The van der Waals surface area contributed by atoms with Crippen LogP contribution in [0.4, 0.5) is 5.82 Å². The van der Waals surface area contributed by atoms with Gasteiger partial charge in [0.05, 0.1) is 12.7 Å². The van der Waals surface area contributed by atoms with E-state index >= 15 is 0 Å². The summed E-state index contributed by atoms with van der Waals surface area (Å²) >= 11 is 0. The maximum absolute atomic E-state index is 4.69. The second-order valence-corrected chi connectivity index (χ2v) is 6.13. The number of anilines is 1. The molecule has 0 bridgehead atoms. The number of aliphatic imine (C=N–C) groups is 1. The molecule has 136 valence electrons. The second-order valence-electron chi connectivity index (χ2n) is 6.13. The van der Waals surface area contributed by atoms with Gasteiger partial charge in [0.25, 0.3) is 0 Å². The Morgan fingerprint density at radius 2 is 2.08 bits per heavy atom. The normalized spacial score (nSPS) is 11.5. The van der Waals surface area contributed by atoms with E-state index in [1.165, 1.54) is 11.3 Å². The van der Waals surface area contributed by atoms with Crippen molar-refractivity contribution < 1.29 is 0 Å². The molecule has 7 heteroatoms. The lowest BCUT2D eigenvalue weighted by Gasteiger charge is -2.15. The van der Waals surface area contributed by atoms with Gasteiger partial charge in [0.15, 0.2) is 5.96 Å². The number of nitrogens with one attached hydrogen (secondary N) is 2. The molecule has 0 aliphatic heterocycles. The van der Waals surface area contributed by atoms with Crippen molar-refractivity contribution in [3.8, 4) is 0 Å². The van der Waals surface area contributed by atoms with Gasteiger partial charge in [-0.1, -0.05) is 6.07 Å². The summed E-state index contributed by atoms with van der Waals surface area (Å²) in [5, 5.41) is 11.0. The Balaban J connectivity index is 1.97. The van der Waals surface area contributed by atoms with E-state index in [4.69, 9.17) is 4.99 Å². The molecule has 2 N–H and O–H groups in total. The first kappa shape index (κ1) is 18.8. The first-order valence-electron chi connectivity index (χ1n) is 8.63. The zero-order valence-electron chi connectivity index (χ0n) is 15.9. The van der Waals surface area contributed by atoms with Gasteiger partial charge in [0.1, 0.15) is 5.82 Å². The molecule has 0 aliphatic rings. The fourth-order valence-corrected chi connectivity index (χ4v) is 2.57. The third-order valence-corrected chi connectivity index (χ3v) is 4.07.